The molecule has 0 saturated heterocycles. The number of hydrogen-bond donors (Lipinski definition) is 4. The number of rotatable bonds is 11. The van der Waals surface area contributed by atoms with Crippen LogP contribution in [0.1, 0.15) is 17.2 Å². The highest BCUT2D eigenvalue weighted by Crippen LogP contribution is 2.29. The van der Waals surface area contributed by atoms with Gasteiger partial charge in [0, 0.05) is 17.3 Å². The van der Waals surface area contributed by atoms with E-state index in [1.807, 2.05) is 25.1 Å². The van der Waals surface area contributed by atoms with Crippen LogP contribution in [0.25, 0.3) is 0 Å². The molecule has 9 nitrogen and oxygen atoms in total. The molecule has 0 unspecified atom stereocenters. The van der Waals surface area contributed by atoms with E-state index in [4.69, 9.17) is 24.5 Å². The summed E-state index contributed by atoms with van der Waals surface area (Å²) < 4.78 is 17.4. The molecule has 9 heteroatoms. The summed E-state index contributed by atoms with van der Waals surface area (Å²) in [6.45, 7) is 1.86. The summed E-state index contributed by atoms with van der Waals surface area (Å²) in [5, 5.41) is 20.7. The fourth-order valence-corrected chi connectivity index (χ4v) is 3.25. The summed E-state index contributed by atoms with van der Waals surface area (Å²) in [5.41, 5.74) is 3.62. The summed E-state index contributed by atoms with van der Waals surface area (Å²) in [6.07, 6.45) is -0.290. The number of hydrogen-bond acceptors (Lipinski definition) is 7. The van der Waals surface area contributed by atoms with Crippen LogP contribution in [-0.4, -0.2) is 41.6 Å². The summed E-state index contributed by atoms with van der Waals surface area (Å²) in [6, 6.07) is 22.8. The highest BCUT2D eigenvalue weighted by Gasteiger charge is 2.28. The van der Waals surface area contributed by atoms with E-state index >= 15 is 0 Å². The Bertz CT molecular complexity index is 1150. The molecule has 36 heavy (non-hydrogen) atoms. The van der Waals surface area contributed by atoms with Gasteiger partial charge >= 0.3 is 6.09 Å². The Kier molecular flexibility index (Phi) is 9.87. The van der Waals surface area contributed by atoms with Gasteiger partial charge in [-0.15, -0.1) is 0 Å². The molecule has 3 aromatic carbocycles. The first-order chi connectivity index (χ1) is 17.5. The van der Waals surface area contributed by atoms with E-state index in [1.165, 1.54) is 11.6 Å². The molecule has 0 heterocycles. The molecule has 0 aliphatic heterocycles. The Morgan fingerprint density at radius 1 is 0.972 bits per heavy atom. The highest BCUT2D eigenvalue weighted by atomic mass is 16.6. The fraction of sp³-hybridized carbons (Fsp3) is 0.185. The molecule has 0 aliphatic rings. The van der Waals surface area contributed by atoms with Crippen LogP contribution in [0.5, 0.6) is 11.5 Å². The van der Waals surface area contributed by atoms with Crippen molar-refractivity contribution in [2.45, 2.75) is 19.1 Å². The van der Waals surface area contributed by atoms with Crippen LogP contribution in [0.15, 0.2) is 91.0 Å². The van der Waals surface area contributed by atoms with E-state index in [-0.39, 0.29) is 13.2 Å². The van der Waals surface area contributed by atoms with Gasteiger partial charge in [-0.25, -0.2) is 10.3 Å². The molecular formula is C27H28N2O7. The lowest BCUT2D eigenvalue weighted by Crippen LogP contribution is -2.30. The van der Waals surface area contributed by atoms with Crippen molar-refractivity contribution < 1.29 is 34.1 Å². The number of anilines is 1. The van der Waals surface area contributed by atoms with E-state index in [0.29, 0.717) is 22.7 Å². The van der Waals surface area contributed by atoms with Crippen LogP contribution < -0.4 is 20.3 Å². The van der Waals surface area contributed by atoms with Crippen LogP contribution in [0.4, 0.5) is 10.5 Å². The second kappa shape index (κ2) is 13.5. The van der Waals surface area contributed by atoms with Gasteiger partial charge in [0.2, 0.25) is 0 Å². The van der Waals surface area contributed by atoms with Gasteiger partial charge in [0.05, 0.1) is 6.61 Å². The number of aliphatic hydroxyl groups excluding tert-OH is 1. The number of benzene rings is 3. The first-order valence-electron chi connectivity index (χ1n) is 11.2. The van der Waals surface area contributed by atoms with E-state index in [0.717, 1.165) is 11.6 Å². The predicted molar refractivity (Wildman–Crippen MR) is 133 cm³/mol. The summed E-state index contributed by atoms with van der Waals surface area (Å²) >= 11 is 0. The molecule has 0 radical (unpaired) electrons. The number of aliphatic hydroxyl groups is 1. The normalized spacial score (nSPS) is 12.4. The molecule has 0 aliphatic carbocycles. The SMILES string of the molecule is Cc1ccc(NC(=O)O[C@@H](c2cccc(OCCO)c2)[C@H](/C=C/C(=O)NO)Oc2ccccc2)cc1. The zero-order chi connectivity index (χ0) is 25.8. The van der Waals surface area contributed by atoms with Crippen molar-refractivity contribution in [3.63, 3.8) is 0 Å². The van der Waals surface area contributed by atoms with Gasteiger partial charge in [-0.1, -0.05) is 48.0 Å². The lowest BCUT2D eigenvalue weighted by atomic mass is 10.0. The molecule has 0 bridgehead atoms. The zero-order valence-corrected chi connectivity index (χ0v) is 19.7. The van der Waals surface area contributed by atoms with Gasteiger partial charge in [-0.3, -0.25) is 15.3 Å². The van der Waals surface area contributed by atoms with Crippen molar-refractivity contribution in [1.82, 2.24) is 5.48 Å². The maximum Gasteiger partial charge on any atom is 0.412 e. The zero-order valence-electron chi connectivity index (χ0n) is 19.7. The van der Waals surface area contributed by atoms with Crippen LogP contribution >= 0.6 is 0 Å². The maximum absolute atomic E-state index is 12.9. The summed E-state index contributed by atoms with van der Waals surface area (Å²) in [5.74, 6) is 0.140. The summed E-state index contributed by atoms with van der Waals surface area (Å²) in [4.78, 5) is 24.6. The van der Waals surface area contributed by atoms with E-state index in [9.17, 15) is 9.59 Å². The predicted octanol–water partition coefficient (Wildman–Crippen LogP) is 4.17. The average Bonchev–Trinajstić information content (AvgIpc) is 2.90. The lowest BCUT2D eigenvalue weighted by molar-refractivity contribution is -0.124. The highest BCUT2D eigenvalue weighted by molar-refractivity contribution is 5.86. The van der Waals surface area contributed by atoms with E-state index in [1.54, 1.807) is 60.7 Å². The third-order valence-corrected chi connectivity index (χ3v) is 4.94. The van der Waals surface area contributed by atoms with Crippen LogP contribution in [0, 0.1) is 6.92 Å². The molecule has 4 N–H and O–H groups in total. The first-order valence-corrected chi connectivity index (χ1v) is 11.2. The van der Waals surface area contributed by atoms with Gasteiger partial charge in [0.15, 0.2) is 12.2 Å². The molecule has 2 atom stereocenters. The van der Waals surface area contributed by atoms with Gasteiger partial charge in [-0.05, 0) is 49.4 Å². The number of para-hydroxylation sites is 1. The second-order valence-electron chi connectivity index (χ2n) is 7.69. The Morgan fingerprint density at radius 2 is 1.69 bits per heavy atom. The third kappa shape index (κ3) is 8.15. The Balaban J connectivity index is 1.95. The van der Waals surface area contributed by atoms with Crippen LogP contribution in [-0.2, 0) is 9.53 Å². The van der Waals surface area contributed by atoms with Gasteiger partial charge in [-0.2, -0.15) is 0 Å². The molecule has 3 rings (SSSR count). The minimum atomic E-state index is -1.03. The number of carbonyl (C=O) groups excluding carboxylic acids is 2. The number of aryl methyl sites for hydroxylation is 1. The van der Waals surface area contributed by atoms with Gasteiger partial charge in [0.1, 0.15) is 18.1 Å². The molecule has 2 amide bonds. The molecule has 0 saturated carbocycles. The quantitative estimate of drug-likeness (QED) is 0.180. The fourth-order valence-electron chi connectivity index (χ4n) is 3.25. The number of hydroxylamine groups is 1. The topological polar surface area (TPSA) is 126 Å². The molecule has 188 valence electrons. The molecule has 0 aromatic heterocycles. The first kappa shape index (κ1) is 26.3. The van der Waals surface area contributed by atoms with Gasteiger partial charge < -0.3 is 19.3 Å². The van der Waals surface area contributed by atoms with Crippen molar-refractivity contribution in [2.75, 3.05) is 18.5 Å². The number of nitrogens with one attached hydrogen (secondary N) is 2. The molecular weight excluding hydrogens is 464 g/mol. The minimum Gasteiger partial charge on any atom is -0.491 e. The smallest absolute Gasteiger partial charge is 0.412 e. The van der Waals surface area contributed by atoms with E-state index < -0.39 is 24.2 Å². The molecule has 0 spiro atoms. The Morgan fingerprint density at radius 3 is 2.39 bits per heavy atom. The number of amides is 2. The lowest BCUT2D eigenvalue weighted by Gasteiger charge is -2.26. The van der Waals surface area contributed by atoms with Crippen molar-refractivity contribution in [3.05, 3.63) is 102 Å². The van der Waals surface area contributed by atoms with Crippen molar-refractivity contribution in [3.8, 4) is 11.5 Å². The third-order valence-electron chi connectivity index (χ3n) is 4.94. The minimum absolute atomic E-state index is 0.0867. The maximum atomic E-state index is 12.9. The summed E-state index contributed by atoms with van der Waals surface area (Å²) in [7, 11) is 0. The second-order valence-corrected chi connectivity index (χ2v) is 7.69. The molecule has 0 fully saturated rings. The van der Waals surface area contributed by atoms with Crippen molar-refractivity contribution in [2.24, 2.45) is 0 Å². The monoisotopic (exact) mass is 492 g/mol. The number of carbonyl (C=O) groups is 2. The van der Waals surface area contributed by atoms with Crippen molar-refractivity contribution in [1.29, 1.82) is 0 Å². The standard InChI is InChI=1S/C27H28N2O7/c1-19-10-12-21(13-11-19)28-27(32)36-26(20-6-5-9-23(18-20)34-17-16-30)24(14-15-25(31)29-33)35-22-7-3-2-4-8-22/h2-15,18,24,26,30,33H,16-17H2,1H3,(H,28,32)(H,29,31)/b15-14+/t24-,26-/m0/s1. The molecule has 3 aromatic rings. The van der Waals surface area contributed by atoms with Crippen LogP contribution in [0.3, 0.4) is 0 Å². The van der Waals surface area contributed by atoms with Gasteiger partial charge in [0.25, 0.3) is 5.91 Å². The van der Waals surface area contributed by atoms with Crippen molar-refractivity contribution >= 4 is 17.7 Å². The van der Waals surface area contributed by atoms with Crippen LogP contribution in [0.2, 0.25) is 0 Å². The number of ether oxygens (including phenoxy) is 3. The Labute approximate surface area is 208 Å². The Hall–Kier alpha value is -4.34. The van der Waals surface area contributed by atoms with E-state index in [2.05, 4.69) is 5.32 Å². The average molecular weight is 493 g/mol. The largest absolute Gasteiger partial charge is 0.491 e.